The molecule has 9 heavy (non-hydrogen) atoms. The second-order valence-electron chi connectivity index (χ2n) is 2.82. The number of hydrogen-bond acceptors (Lipinski definition) is 2. The molecule has 1 atom stereocenters. The van der Waals surface area contributed by atoms with Gasteiger partial charge in [0, 0.05) is 7.77 Å². The van der Waals surface area contributed by atoms with E-state index in [0.29, 0.717) is 0 Å². The van der Waals surface area contributed by atoms with Crippen LogP contribution in [0, 0.1) is 0 Å². The monoisotopic (exact) mass is 132 g/mol. The molecule has 0 amide bonds. The highest BCUT2D eigenvalue weighted by Crippen LogP contribution is 2.07. The van der Waals surface area contributed by atoms with Crippen LogP contribution >= 0.6 is 0 Å². The number of carbonyl (C=O) groups excluding carboxylic acids is 1. The summed E-state index contributed by atoms with van der Waals surface area (Å²) in [5, 5.41) is 0. The molecule has 0 aromatic carbocycles. The van der Waals surface area contributed by atoms with Crippen molar-refractivity contribution in [3.63, 3.8) is 0 Å². The van der Waals surface area contributed by atoms with E-state index in [9.17, 15) is 4.79 Å². The molecule has 54 valence electrons. The van der Waals surface area contributed by atoms with Crippen molar-refractivity contribution in [2.45, 2.75) is 39.7 Å². The maximum atomic E-state index is 10.7. The van der Waals surface area contributed by atoms with Gasteiger partial charge in [-0.05, 0) is 20.8 Å². The highest BCUT2D eigenvalue weighted by atomic mass is 16.6. The second-order valence-corrected chi connectivity index (χ2v) is 2.82. The van der Waals surface area contributed by atoms with Crippen LogP contribution in [0.4, 0.5) is 0 Å². The highest BCUT2D eigenvalue weighted by molar-refractivity contribution is 5.69. The third kappa shape index (κ3) is 5.34. The van der Waals surface area contributed by atoms with Gasteiger partial charge >= 0.3 is 5.97 Å². The van der Waals surface area contributed by atoms with E-state index in [-0.39, 0.29) is 0 Å². The quantitative estimate of drug-likeness (QED) is 0.508. The van der Waals surface area contributed by atoms with Crippen LogP contribution in [0.3, 0.4) is 0 Å². The number of ether oxygens (including phenoxy) is 1. The van der Waals surface area contributed by atoms with Gasteiger partial charge in [-0.15, -0.1) is 0 Å². The third-order valence-corrected chi connectivity index (χ3v) is 0.642. The molecule has 0 aromatic heterocycles. The predicted octanol–water partition coefficient (Wildman–Crippen LogP) is 1.74. The first-order chi connectivity index (χ1) is 4.33. The molecule has 0 aliphatic carbocycles. The Morgan fingerprint density at radius 3 is 2.22 bits per heavy atom. The van der Waals surface area contributed by atoms with Gasteiger partial charge in [-0.2, -0.15) is 0 Å². The normalized spacial score (nSPS) is 16.2. The van der Waals surface area contributed by atoms with Crippen molar-refractivity contribution in [3.8, 4) is 0 Å². The Morgan fingerprint density at radius 2 is 2.11 bits per heavy atom. The van der Waals surface area contributed by atoms with E-state index in [1.54, 1.807) is 20.8 Å². The molecular formula is C7H14O2. The molecule has 0 radical (unpaired) electrons. The average molecular weight is 132 g/mol. The van der Waals surface area contributed by atoms with Crippen molar-refractivity contribution in [2.24, 2.45) is 0 Å². The lowest BCUT2D eigenvalue weighted by atomic mass is 10.2. The van der Waals surface area contributed by atoms with Crippen LogP contribution in [0.25, 0.3) is 0 Å². The number of carbonyl (C=O) groups is 1. The number of esters is 1. The number of rotatable bonds is 1. The minimum Gasteiger partial charge on any atom is -0.460 e. The maximum Gasteiger partial charge on any atom is 0.306 e. The summed E-state index contributed by atoms with van der Waals surface area (Å²) >= 11 is 0. The van der Waals surface area contributed by atoms with Gasteiger partial charge in [0.15, 0.2) is 0 Å². The van der Waals surface area contributed by atoms with Crippen molar-refractivity contribution in [3.05, 3.63) is 0 Å². The van der Waals surface area contributed by atoms with Crippen molar-refractivity contribution in [2.75, 3.05) is 0 Å². The van der Waals surface area contributed by atoms with Gasteiger partial charge in [0.2, 0.25) is 0 Å². The molecule has 2 nitrogen and oxygen atoms in total. The Hall–Kier alpha value is -0.530. The van der Waals surface area contributed by atoms with E-state index in [0.717, 1.165) is 0 Å². The average Bonchev–Trinajstić information content (AvgIpc) is 1.60. The SMILES string of the molecule is [3H]C(C)C(=O)OC(C)(C)C. The molecule has 0 N–H and O–H groups in total. The Bertz CT molecular complexity index is 124. The largest absolute Gasteiger partial charge is 0.460 e. The Labute approximate surface area is 57.6 Å². The van der Waals surface area contributed by atoms with E-state index in [4.69, 9.17) is 6.11 Å². The number of hydrogen-bond donors (Lipinski definition) is 0. The first-order valence-corrected chi connectivity index (χ1v) is 2.98. The zero-order valence-corrected chi connectivity index (χ0v) is 6.39. The van der Waals surface area contributed by atoms with Crippen molar-refractivity contribution >= 4 is 5.97 Å². The van der Waals surface area contributed by atoms with E-state index in [1.165, 1.54) is 6.92 Å². The van der Waals surface area contributed by atoms with Gasteiger partial charge in [-0.25, -0.2) is 0 Å². The summed E-state index contributed by atoms with van der Waals surface area (Å²) in [6, 6.07) is 0. The van der Waals surface area contributed by atoms with Crippen LogP contribution < -0.4 is 0 Å². The van der Waals surface area contributed by atoms with Crippen LogP contribution in [-0.4, -0.2) is 11.6 Å². The van der Waals surface area contributed by atoms with Gasteiger partial charge < -0.3 is 4.74 Å². The Balaban J connectivity index is 3.81. The second kappa shape index (κ2) is 2.85. The lowest BCUT2D eigenvalue weighted by Crippen LogP contribution is -2.23. The molecule has 2 heteroatoms. The Morgan fingerprint density at radius 1 is 1.67 bits per heavy atom. The molecule has 0 saturated carbocycles. The topological polar surface area (TPSA) is 26.3 Å². The summed E-state index contributed by atoms with van der Waals surface area (Å²) in [6.45, 7) is 6.85. The molecular weight excluding hydrogens is 116 g/mol. The van der Waals surface area contributed by atoms with E-state index in [1.807, 2.05) is 0 Å². The standard InChI is InChI=1S/C7H14O2/c1-5-6(8)9-7(2,3)4/h5H2,1-4H3/i5T. The molecule has 0 bridgehead atoms. The third-order valence-electron chi connectivity index (χ3n) is 0.642. The van der Waals surface area contributed by atoms with Gasteiger partial charge in [0.1, 0.15) is 5.60 Å². The molecule has 1 unspecified atom stereocenters. The van der Waals surface area contributed by atoms with Gasteiger partial charge in [0.25, 0.3) is 0 Å². The molecule has 0 spiro atoms. The molecule has 0 aliphatic heterocycles. The molecule has 0 rings (SSSR count). The summed E-state index contributed by atoms with van der Waals surface area (Å²) < 4.78 is 11.9. The zero-order valence-electron chi connectivity index (χ0n) is 7.39. The fourth-order valence-electron chi connectivity index (χ4n) is 0.361. The summed E-state index contributed by atoms with van der Waals surface area (Å²) in [6.07, 6.45) is -0.778. The fraction of sp³-hybridized carbons (Fsp3) is 0.857. The molecule has 0 aliphatic rings. The minimum atomic E-state index is -0.778. The van der Waals surface area contributed by atoms with Crippen LogP contribution in [0.1, 0.15) is 35.5 Å². The fourth-order valence-corrected chi connectivity index (χ4v) is 0.361. The summed E-state index contributed by atoms with van der Waals surface area (Å²) in [4.78, 5) is 10.7. The molecule has 0 fully saturated rings. The van der Waals surface area contributed by atoms with Gasteiger partial charge in [-0.3, -0.25) is 4.79 Å². The summed E-state index contributed by atoms with van der Waals surface area (Å²) in [7, 11) is 0. The van der Waals surface area contributed by atoms with Crippen LogP contribution in [-0.2, 0) is 9.53 Å². The first-order valence-electron chi connectivity index (χ1n) is 3.56. The van der Waals surface area contributed by atoms with Crippen LogP contribution in [0.2, 0.25) is 0 Å². The van der Waals surface area contributed by atoms with Crippen LogP contribution in [0.5, 0.6) is 0 Å². The van der Waals surface area contributed by atoms with E-state index in [2.05, 4.69) is 0 Å². The van der Waals surface area contributed by atoms with Crippen LogP contribution in [0.15, 0.2) is 0 Å². The summed E-state index contributed by atoms with van der Waals surface area (Å²) in [5.41, 5.74) is -0.466. The Kier molecular flexibility index (Phi) is 2.09. The van der Waals surface area contributed by atoms with E-state index < -0.39 is 18.0 Å². The van der Waals surface area contributed by atoms with Crippen molar-refractivity contribution in [1.29, 1.82) is 0 Å². The molecule has 0 saturated heterocycles. The predicted molar refractivity (Wildman–Crippen MR) is 36.1 cm³/mol. The maximum absolute atomic E-state index is 10.7. The summed E-state index contributed by atoms with van der Waals surface area (Å²) in [5.74, 6) is -0.465. The van der Waals surface area contributed by atoms with E-state index >= 15 is 0 Å². The van der Waals surface area contributed by atoms with Crippen molar-refractivity contribution < 1.29 is 10.9 Å². The van der Waals surface area contributed by atoms with Gasteiger partial charge in [-0.1, -0.05) is 6.92 Å². The smallest absolute Gasteiger partial charge is 0.306 e. The molecule has 0 heterocycles. The minimum absolute atomic E-state index is 0.465. The zero-order chi connectivity index (χ0) is 8.36. The lowest BCUT2D eigenvalue weighted by molar-refractivity contribution is -0.154. The lowest BCUT2D eigenvalue weighted by Gasteiger charge is -2.18. The first kappa shape index (κ1) is 6.59. The highest BCUT2D eigenvalue weighted by Gasteiger charge is 2.13. The van der Waals surface area contributed by atoms with Gasteiger partial charge in [0.05, 0.1) is 0 Å². The van der Waals surface area contributed by atoms with Crippen molar-refractivity contribution in [1.82, 2.24) is 0 Å². The molecule has 0 aromatic rings.